The molecule has 0 aromatic rings. The van der Waals surface area contributed by atoms with E-state index in [2.05, 4.69) is 5.32 Å². The smallest absolute Gasteiger partial charge is 0.407 e. The molecule has 1 aliphatic rings. The molecule has 0 aliphatic heterocycles. The van der Waals surface area contributed by atoms with E-state index in [0.29, 0.717) is 5.92 Å². The zero-order valence-corrected chi connectivity index (χ0v) is 9.04. The van der Waals surface area contributed by atoms with Crippen molar-refractivity contribution in [2.75, 3.05) is 6.61 Å². The fourth-order valence-corrected chi connectivity index (χ4v) is 1.48. The second-order valence-corrected chi connectivity index (χ2v) is 4.86. The third-order valence-electron chi connectivity index (χ3n) is 2.21. The molecule has 1 saturated carbocycles. The van der Waals surface area contributed by atoms with Gasteiger partial charge in [0.15, 0.2) is 0 Å². The Hall–Kier alpha value is -0.770. The maximum atomic E-state index is 11.3. The van der Waals surface area contributed by atoms with Crippen molar-refractivity contribution in [1.29, 1.82) is 0 Å². The third-order valence-corrected chi connectivity index (χ3v) is 2.21. The van der Waals surface area contributed by atoms with E-state index in [4.69, 9.17) is 9.84 Å². The van der Waals surface area contributed by atoms with Crippen LogP contribution in [0.4, 0.5) is 4.79 Å². The minimum atomic E-state index is -0.440. The number of carbonyl (C=O) groups is 1. The van der Waals surface area contributed by atoms with Crippen LogP contribution < -0.4 is 5.32 Å². The van der Waals surface area contributed by atoms with E-state index < -0.39 is 5.60 Å². The second kappa shape index (κ2) is 4.17. The lowest BCUT2D eigenvalue weighted by molar-refractivity contribution is 0.0419. The summed E-state index contributed by atoms with van der Waals surface area (Å²) in [6.45, 7) is 5.73. The molecule has 4 heteroatoms. The van der Waals surface area contributed by atoms with Gasteiger partial charge in [0.05, 0.1) is 0 Å². The van der Waals surface area contributed by atoms with Crippen molar-refractivity contribution in [1.82, 2.24) is 5.32 Å². The van der Waals surface area contributed by atoms with Crippen LogP contribution in [-0.4, -0.2) is 29.4 Å². The van der Waals surface area contributed by atoms with E-state index in [0.717, 1.165) is 12.8 Å². The SMILES string of the molecule is CC(C)(C)OC(=O)NC1CC(CO)C1. The van der Waals surface area contributed by atoms with Crippen molar-refractivity contribution in [2.24, 2.45) is 5.92 Å². The maximum absolute atomic E-state index is 11.3. The lowest BCUT2D eigenvalue weighted by atomic mass is 9.81. The monoisotopic (exact) mass is 201 g/mol. The standard InChI is InChI=1S/C10H19NO3/c1-10(2,3)14-9(13)11-8-4-7(5-8)6-12/h7-8,12H,4-6H2,1-3H3,(H,11,13). The Balaban J connectivity index is 2.17. The Morgan fingerprint density at radius 2 is 2.07 bits per heavy atom. The van der Waals surface area contributed by atoms with E-state index in [1.807, 2.05) is 20.8 Å². The van der Waals surface area contributed by atoms with Crippen LogP contribution in [0.2, 0.25) is 0 Å². The largest absolute Gasteiger partial charge is 0.444 e. The molecule has 0 unspecified atom stereocenters. The Kier molecular flexibility index (Phi) is 3.37. The van der Waals surface area contributed by atoms with Crippen molar-refractivity contribution < 1.29 is 14.6 Å². The molecule has 0 atom stereocenters. The van der Waals surface area contributed by atoms with Crippen molar-refractivity contribution in [3.8, 4) is 0 Å². The quantitative estimate of drug-likeness (QED) is 0.707. The molecule has 0 radical (unpaired) electrons. The molecular weight excluding hydrogens is 182 g/mol. The van der Waals surface area contributed by atoms with Gasteiger partial charge in [-0.15, -0.1) is 0 Å². The van der Waals surface area contributed by atoms with Gasteiger partial charge in [-0.05, 0) is 39.5 Å². The van der Waals surface area contributed by atoms with Gasteiger partial charge in [0.2, 0.25) is 0 Å². The molecule has 1 fully saturated rings. The molecule has 0 spiro atoms. The average Bonchev–Trinajstić information content (AvgIpc) is 1.91. The van der Waals surface area contributed by atoms with Crippen LogP contribution in [0.15, 0.2) is 0 Å². The number of carbonyl (C=O) groups excluding carboxylic acids is 1. The Morgan fingerprint density at radius 1 is 1.50 bits per heavy atom. The van der Waals surface area contributed by atoms with Crippen LogP contribution in [0.5, 0.6) is 0 Å². The lowest BCUT2D eigenvalue weighted by Crippen LogP contribution is -2.47. The molecule has 0 saturated heterocycles. The van der Waals surface area contributed by atoms with E-state index in [9.17, 15) is 4.79 Å². The Bertz CT molecular complexity index is 204. The van der Waals surface area contributed by atoms with E-state index in [1.54, 1.807) is 0 Å². The van der Waals surface area contributed by atoms with Crippen LogP contribution >= 0.6 is 0 Å². The average molecular weight is 201 g/mol. The number of rotatable bonds is 2. The number of aliphatic hydroxyl groups excluding tert-OH is 1. The van der Waals surface area contributed by atoms with E-state index >= 15 is 0 Å². The van der Waals surface area contributed by atoms with Crippen LogP contribution in [0, 0.1) is 5.92 Å². The highest BCUT2D eigenvalue weighted by molar-refractivity contribution is 5.68. The van der Waals surface area contributed by atoms with Crippen molar-refractivity contribution in [3.05, 3.63) is 0 Å². The Morgan fingerprint density at radius 3 is 2.50 bits per heavy atom. The molecule has 0 aromatic carbocycles. The molecule has 2 N–H and O–H groups in total. The predicted octanol–water partition coefficient (Wildman–Crippen LogP) is 1.28. The van der Waals surface area contributed by atoms with Crippen LogP contribution in [0.25, 0.3) is 0 Å². The minimum absolute atomic E-state index is 0.182. The highest BCUT2D eigenvalue weighted by Crippen LogP contribution is 2.26. The van der Waals surface area contributed by atoms with Crippen LogP contribution in [-0.2, 0) is 4.74 Å². The zero-order valence-electron chi connectivity index (χ0n) is 9.04. The van der Waals surface area contributed by atoms with E-state index in [1.165, 1.54) is 0 Å². The third kappa shape index (κ3) is 3.54. The van der Waals surface area contributed by atoms with Crippen LogP contribution in [0.3, 0.4) is 0 Å². The summed E-state index contributed by atoms with van der Waals surface area (Å²) in [5.74, 6) is 0.356. The summed E-state index contributed by atoms with van der Waals surface area (Å²) in [6, 6.07) is 0.182. The van der Waals surface area contributed by atoms with Crippen molar-refractivity contribution in [3.63, 3.8) is 0 Å². The molecule has 0 bridgehead atoms. The molecule has 0 heterocycles. The van der Waals surface area contributed by atoms with Crippen molar-refractivity contribution in [2.45, 2.75) is 45.3 Å². The topological polar surface area (TPSA) is 58.6 Å². The highest BCUT2D eigenvalue weighted by atomic mass is 16.6. The summed E-state index contributed by atoms with van der Waals surface area (Å²) < 4.78 is 5.10. The number of ether oxygens (including phenoxy) is 1. The fraction of sp³-hybridized carbons (Fsp3) is 0.900. The van der Waals surface area contributed by atoms with Gasteiger partial charge in [-0.3, -0.25) is 0 Å². The van der Waals surface area contributed by atoms with Gasteiger partial charge in [-0.25, -0.2) is 4.79 Å². The maximum Gasteiger partial charge on any atom is 0.407 e. The first kappa shape index (κ1) is 11.3. The minimum Gasteiger partial charge on any atom is -0.444 e. The van der Waals surface area contributed by atoms with E-state index in [-0.39, 0.29) is 18.7 Å². The number of aliphatic hydroxyl groups is 1. The first-order valence-corrected chi connectivity index (χ1v) is 5.01. The van der Waals surface area contributed by atoms with Gasteiger partial charge >= 0.3 is 6.09 Å². The lowest BCUT2D eigenvalue weighted by Gasteiger charge is -2.34. The van der Waals surface area contributed by atoms with Gasteiger partial charge < -0.3 is 15.2 Å². The van der Waals surface area contributed by atoms with Gasteiger partial charge in [0.25, 0.3) is 0 Å². The summed E-state index contributed by atoms with van der Waals surface area (Å²) in [4.78, 5) is 11.3. The first-order valence-electron chi connectivity index (χ1n) is 5.01. The van der Waals surface area contributed by atoms with Gasteiger partial charge in [-0.1, -0.05) is 0 Å². The number of alkyl carbamates (subject to hydrolysis) is 1. The summed E-state index contributed by atoms with van der Waals surface area (Å²) in [5, 5.41) is 11.5. The van der Waals surface area contributed by atoms with Gasteiger partial charge in [-0.2, -0.15) is 0 Å². The van der Waals surface area contributed by atoms with Crippen molar-refractivity contribution >= 4 is 6.09 Å². The molecule has 4 nitrogen and oxygen atoms in total. The molecule has 82 valence electrons. The predicted molar refractivity (Wildman–Crippen MR) is 53.0 cm³/mol. The number of nitrogens with one attached hydrogen (secondary N) is 1. The highest BCUT2D eigenvalue weighted by Gasteiger charge is 2.30. The molecule has 1 rings (SSSR count). The second-order valence-electron chi connectivity index (χ2n) is 4.86. The summed E-state index contributed by atoms with van der Waals surface area (Å²) in [7, 11) is 0. The summed E-state index contributed by atoms with van der Waals surface area (Å²) >= 11 is 0. The fourth-order valence-electron chi connectivity index (χ4n) is 1.48. The normalized spacial score (nSPS) is 26.6. The molecule has 0 aromatic heterocycles. The van der Waals surface area contributed by atoms with Gasteiger partial charge in [0, 0.05) is 12.6 Å². The molecular formula is C10H19NO3. The summed E-state index contributed by atoms with van der Waals surface area (Å²) in [6.07, 6.45) is 1.35. The number of hydrogen-bond donors (Lipinski definition) is 2. The zero-order chi connectivity index (χ0) is 10.8. The Labute approximate surface area is 84.6 Å². The number of hydrogen-bond acceptors (Lipinski definition) is 3. The molecule has 1 amide bonds. The summed E-state index contributed by atoms with van der Waals surface area (Å²) in [5.41, 5.74) is -0.440. The first-order chi connectivity index (χ1) is 6.40. The molecule has 1 aliphatic carbocycles. The van der Waals surface area contributed by atoms with Crippen LogP contribution in [0.1, 0.15) is 33.6 Å². The molecule has 14 heavy (non-hydrogen) atoms. The number of amides is 1. The van der Waals surface area contributed by atoms with Gasteiger partial charge in [0.1, 0.15) is 5.60 Å².